The molecule has 1 saturated heterocycles. The molecule has 3 atom stereocenters. The second kappa shape index (κ2) is 8.15. The molecule has 11 heteroatoms. The number of hydrogen-bond acceptors (Lipinski definition) is 6. The van der Waals surface area contributed by atoms with Crippen LogP contribution in [0.3, 0.4) is 0 Å². The standard InChI is InChI=1S/C18H20FN5O4S/c1-10-15(17(26)21-13-6-2-11(3-7-13)16(20)25)18(23-22-10)29(27,28)24-14-8-4-12(19)5-9-14/h2-10,15,18,22-24H,1H3,(H2,20,25)(H,21,26). The molecule has 1 fully saturated rings. The zero-order valence-electron chi connectivity index (χ0n) is 15.3. The summed E-state index contributed by atoms with van der Waals surface area (Å²) >= 11 is 0. The van der Waals surface area contributed by atoms with Crippen molar-refractivity contribution >= 4 is 33.2 Å². The fourth-order valence-electron chi connectivity index (χ4n) is 2.98. The number of nitrogens with one attached hydrogen (secondary N) is 4. The smallest absolute Gasteiger partial charge is 0.250 e. The maximum atomic E-state index is 13.0. The first-order chi connectivity index (χ1) is 13.7. The van der Waals surface area contributed by atoms with E-state index < -0.39 is 45.0 Å². The average molecular weight is 421 g/mol. The van der Waals surface area contributed by atoms with E-state index in [1.807, 2.05) is 0 Å². The molecular weight excluding hydrogens is 401 g/mol. The zero-order chi connectivity index (χ0) is 21.2. The lowest BCUT2D eigenvalue weighted by atomic mass is 10.0. The van der Waals surface area contributed by atoms with Crippen molar-refractivity contribution < 1.29 is 22.4 Å². The number of rotatable bonds is 6. The molecule has 0 radical (unpaired) electrons. The number of carbonyl (C=O) groups excluding carboxylic acids is 2. The third kappa shape index (κ3) is 4.70. The third-order valence-electron chi connectivity index (χ3n) is 4.50. The molecule has 0 aliphatic carbocycles. The van der Waals surface area contributed by atoms with Crippen LogP contribution in [0.25, 0.3) is 0 Å². The Balaban J connectivity index is 1.76. The number of sulfonamides is 1. The molecule has 3 unspecified atom stereocenters. The summed E-state index contributed by atoms with van der Waals surface area (Å²) in [4.78, 5) is 23.9. The Kier molecular flexibility index (Phi) is 5.82. The lowest BCUT2D eigenvalue weighted by Gasteiger charge is -2.21. The molecule has 2 aromatic rings. The summed E-state index contributed by atoms with van der Waals surface area (Å²) in [5.74, 6) is -2.60. The summed E-state index contributed by atoms with van der Waals surface area (Å²) in [5.41, 5.74) is 11.4. The van der Waals surface area contributed by atoms with Gasteiger partial charge in [0.05, 0.1) is 5.92 Å². The van der Waals surface area contributed by atoms with E-state index in [0.29, 0.717) is 5.69 Å². The van der Waals surface area contributed by atoms with E-state index in [-0.39, 0.29) is 11.3 Å². The van der Waals surface area contributed by atoms with Gasteiger partial charge in [0.15, 0.2) is 5.37 Å². The van der Waals surface area contributed by atoms with Crippen LogP contribution in [0.15, 0.2) is 48.5 Å². The average Bonchev–Trinajstić information content (AvgIpc) is 3.06. The fourth-order valence-corrected chi connectivity index (χ4v) is 4.54. The number of halogens is 1. The fraction of sp³-hybridized carbons (Fsp3) is 0.222. The van der Waals surface area contributed by atoms with E-state index in [2.05, 4.69) is 20.9 Å². The predicted molar refractivity (Wildman–Crippen MR) is 106 cm³/mol. The normalized spacial score (nSPS) is 21.5. The van der Waals surface area contributed by atoms with Gasteiger partial charge in [-0.15, -0.1) is 0 Å². The molecule has 29 heavy (non-hydrogen) atoms. The van der Waals surface area contributed by atoms with Gasteiger partial charge in [-0.2, -0.15) is 0 Å². The van der Waals surface area contributed by atoms with E-state index >= 15 is 0 Å². The van der Waals surface area contributed by atoms with Gasteiger partial charge in [0.25, 0.3) is 10.0 Å². The van der Waals surface area contributed by atoms with Gasteiger partial charge in [-0.3, -0.25) is 19.7 Å². The zero-order valence-corrected chi connectivity index (χ0v) is 16.2. The second-order valence-electron chi connectivity index (χ2n) is 6.61. The van der Waals surface area contributed by atoms with E-state index in [1.54, 1.807) is 6.92 Å². The summed E-state index contributed by atoms with van der Waals surface area (Å²) in [6.45, 7) is 1.67. The van der Waals surface area contributed by atoms with Gasteiger partial charge in [-0.05, 0) is 55.5 Å². The molecule has 1 aliphatic heterocycles. The summed E-state index contributed by atoms with van der Waals surface area (Å²) in [6, 6.07) is 10.2. The van der Waals surface area contributed by atoms with Crippen LogP contribution in [0.5, 0.6) is 0 Å². The topological polar surface area (TPSA) is 142 Å². The minimum Gasteiger partial charge on any atom is -0.366 e. The Morgan fingerprint density at radius 3 is 2.17 bits per heavy atom. The van der Waals surface area contributed by atoms with Crippen LogP contribution in [-0.4, -0.2) is 31.6 Å². The van der Waals surface area contributed by atoms with Crippen molar-refractivity contribution in [1.82, 2.24) is 10.9 Å². The minimum absolute atomic E-state index is 0.175. The Morgan fingerprint density at radius 1 is 1.00 bits per heavy atom. The largest absolute Gasteiger partial charge is 0.366 e. The highest BCUT2D eigenvalue weighted by atomic mass is 32.2. The van der Waals surface area contributed by atoms with Crippen molar-refractivity contribution in [3.05, 3.63) is 59.9 Å². The number of anilines is 2. The molecule has 2 amide bonds. The highest BCUT2D eigenvalue weighted by molar-refractivity contribution is 7.93. The summed E-state index contributed by atoms with van der Waals surface area (Å²) in [7, 11) is -4.03. The van der Waals surface area contributed by atoms with E-state index in [0.717, 1.165) is 12.1 Å². The van der Waals surface area contributed by atoms with Crippen molar-refractivity contribution in [2.75, 3.05) is 10.0 Å². The first-order valence-electron chi connectivity index (χ1n) is 8.66. The number of nitrogens with two attached hydrogens (primary N) is 1. The number of amides is 2. The van der Waals surface area contributed by atoms with Crippen LogP contribution in [0, 0.1) is 11.7 Å². The summed E-state index contributed by atoms with van der Waals surface area (Å²) in [5, 5.41) is 1.37. The molecule has 1 heterocycles. The molecule has 0 saturated carbocycles. The van der Waals surface area contributed by atoms with Gasteiger partial charge in [0.1, 0.15) is 5.82 Å². The second-order valence-corrected chi connectivity index (χ2v) is 8.41. The highest BCUT2D eigenvalue weighted by Gasteiger charge is 2.46. The molecule has 154 valence electrons. The van der Waals surface area contributed by atoms with Gasteiger partial charge >= 0.3 is 0 Å². The van der Waals surface area contributed by atoms with Gasteiger partial charge in [0.2, 0.25) is 11.8 Å². The first kappa shape index (κ1) is 20.7. The maximum Gasteiger partial charge on any atom is 0.250 e. The molecule has 6 N–H and O–H groups in total. The molecule has 3 rings (SSSR count). The Morgan fingerprint density at radius 2 is 1.59 bits per heavy atom. The SMILES string of the molecule is CC1NNC(S(=O)(=O)Nc2ccc(F)cc2)C1C(=O)Nc1ccc(C(N)=O)cc1. The van der Waals surface area contributed by atoms with Crippen LogP contribution >= 0.6 is 0 Å². The van der Waals surface area contributed by atoms with Crippen LogP contribution in [0.2, 0.25) is 0 Å². The van der Waals surface area contributed by atoms with Crippen molar-refractivity contribution in [2.24, 2.45) is 11.7 Å². The molecule has 2 aromatic carbocycles. The Bertz CT molecular complexity index is 1010. The molecule has 0 bridgehead atoms. The van der Waals surface area contributed by atoms with Crippen molar-refractivity contribution in [1.29, 1.82) is 0 Å². The van der Waals surface area contributed by atoms with Crippen LogP contribution in [0.4, 0.5) is 15.8 Å². The molecule has 1 aliphatic rings. The van der Waals surface area contributed by atoms with Crippen molar-refractivity contribution in [2.45, 2.75) is 18.3 Å². The Labute approximate surface area is 166 Å². The minimum atomic E-state index is -4.03. The lowest BCUT2D eigenvalue weighted by molar-refractivity contribution is -0.119. The maximum absolute atomic E-state index is 13.0. The highest BCUT2D eigenvalue weighted by Crippen LogP contribution is 2.24. The van der Waals surface area contributed by atoms with Gasteiger partial charge in [-0.1, -0.05) is 0 Å². The quantitative estimate of drug-likeness (QED) is 0.466. The number of primary amides is 1. The van der Waals surface area contributed by atoms with Gasteiger partial charge in [-0.25, -0.2) is 18.2 Å². The van der Waals surface area contributed by atoms with Crippen molar-refractivity contribution in [3.63, 3.8) is 0 Å². The predicted octanol–water partition coefficient (Wildman–Crippen LogP) is 0.744. The van der Waals surface area contributed by atoms with E-state index in [9.17, 15) is 22.4 Å². The third-order valence-corrected chi connectivity index (χ3v) is 6.10. The Hall–Kier alpha value is -3.02. The first-order valence-corrected chi connectivity index (χ1v) is 10.2. The van der Waals surface area contributed by atoms with Crippen LogP contribution < -0.4 is 26.6 Å². The monoisotopic (exact) mass is 421 g/mol. The van der Waals surface area contributed by atoms with E-state index in [1.165, 1.54) is 36.4 Å². The number of benzene rings is 2. The van der Waals surface area contributed by atoms with Gasteiger partial charge < -0.3 is 11.1 Å². The van der Waals surface area contributed by atoms with Crippen LogP contribution in [-0.2, 0) is 14.8 Å². The molecule has 9 nitrogen and oxygen atoms in total. The number of hydrazine groups is 1. The van der Waals surface area contributed by atoms with Crippen LogP contribution in [0.1, 0.15) is 17.3 Å². The summed E-state index contributed by atoms with van der Waals surface area (Å²) in [6.07, 6.45) is 0. The van der Waals surface area contributed by atoms with Gasteiger partial charge in [0, 0.05) is 23.0 Å². The summed E-state index contributed by atoms with van der Waals surface area (Å²) < 4.78 is 40.9. The van der Waals surface area contributed by atoms with Crippen molar-refractivity contribution in [3.8, 4) is 0 Å². The molecule has 0 aromatic heterocycles. The number of carbonyl (C=O) groups is 2. The van der Waals surface area contributed by atoms with E-state index in [4.69, 9.17) is 5.73 Å². The lowest BCUT2D eigenvalue weighted by Crippen LogP contribution is -2.45. The number of hydrogen-bond donors (Lipinski definition) is 5. The molecular formula is C18H20FN5O4S. The molecule has 0 spiro atoms.